The number of hydrogen-bond acceptors (Lipinski definition) is 4. The smallest absolute Gasteiger partial charge is 0.273 e. The van der Waals surface area contributed by atoms with E-state index >= 15 is 0 Å². The van der Waals surface area contributed by atoms with Crippen LogP contribution in [0, 0.1) is 12.7 Å². The van der Waals surface area contributed by atoms with Crippen molar-refractivity contribution in [3.8, 4) is 11.5 Å². The predicted molar refractivity (Wildman–Crippen MR) is 128 cm³/mol. The van der Waals surface area contributed by atoms with Crippen LogP contribution < -0.4 is 5.32 Å². The number of carbonyl (C=O) groups excluding carboxylic acids is 2. The minimum absolute atomic E-state index is 0.0755. The fraction of sp³-hybridized carbons (Fsp3) is 0.222. The monoisotopic (exact) mass is 472 g/mol. The van der Waals surface area contributed by atoms with Crippen LogP contribution in [-0.2, 0) is 24.4 Å². The quantitative estimate of drug-likeness (QED) is 0.453. The molecule has 5 rings (SSSR count). The molecule has 0 saturated carbocycles. The number of nitrogens with zero attached hydrogens (tertiary/aromatic N) is 3. The lowest BCUT2D eigenvalue weighted by atomic mass is 9.93. The van der Waals surface area contributed by atoms with E-state index in [4.69, 9.17) is 4.42 Å². The molecule has 4 aromatic rings. The van der Waals surface area contributed by atoms with Crippen LogP contribution in [-0.4, -0.2) is 32.0 Å². The first-order valence-corrected chi connectivity index (χ1v) is 11.4. The molecule has 1 aliphatic heterocycles. The van der Waals surface area contributed by atoms with Crippen molar-refractivity contribution in [3.05, 3.63) is 101 Å². The highest BCUT2D eigenvalue weighted by Gasteiger charge is 2.48. The number of aromatic nitrogens is 2. The summed E-state index contributed by atoms with van der Waals surface area (Å²) >= 11 is 0. The van der Waals surface area contributed by atoms with Gasteiger partial charge in [0, 0.05) is 19.2 Å². The second-order valence-electron chi connectivity index (χ2n) is 8.95. The number of nitrogens with one attached hydrogen (secondary N) is 1. The summed E-state index contributed by atoms with van der Waals surface area (Å²) in [6, 6.07) is 19.0. The molecule has 0 spiro atoms. The third-order valence-corrected chi connectivity index (χ3v) is 6.49. The number of furan rings is 1. The van der Waals surface area contributed by atoms with Crippen LogP contribution in [0.4, 0.5) is 4.39 Å². The molecule has 3 heterocycles. The van der Waals surface area contributed by atoms with Gasteiger partial charge in [0.25, 0.3) is 5.91 Å². The van der Waals surface area contributed by atoms with Crippen LogP contribution in [0.5, 0.6) is 0 Å². The fourth-order valence-electron chi connectivity index (χ4n) is 4.43. The Balaban J connectivity index is 1.50. The molecule has 2 aromatic carbocycles. The van der Waals surface area contributed by atoms with Crippen molar-refractivity contribution in [1.82, 2.24) is 20.0 Å². The highest BCUT2D eigenvalue weighted by molar-refractivity contribution is 6.00. The van der Waals surface area contributed by atoms with Gasteiger partial charge in [0.05, 0.1) is 12.8 Å². The van der Waals surface area contributed by atoms with E-state index in [9.17, 15) is 14.0 Å². The van der Waals surface area contributed by atoms with Gasteiger partial charge in [-0.05, 0) is 54.8 Å². The van der Waals surface area contributed by atoms with E-state index in [-0.39, 0.29) is 24.9 Å². The third kappa shape index (κ3) is 4.23. The van der Waals surface area contributed by atoms with Crippen molar-refractivity contribution in [2.45, 2.75) is 39.0 Å². The van der Waals surface area contributed by atoms with Crippen LogP contribution in [0.25, 0.3) is 11.5 Å². The number of amides is 2. The summed E-state index contributed by atoms with van der Waals surface area (Å²) < 4.78 is 20.9. The van der Waals surface area contributed by atoms with Crippen molar-refractivity contribution in [1.29, 1.82) is 0 Å². The number of fused-ring (bicyclic) bond motifs is 1. The van der Waals surface area contributed by atoms with Gasteiger partial charge >= 0.3 is 0 Å². The van der Waals surface area contributed by atoms with E-state index in [2.05, 4.69) is 10.4 Å². The Labute approximate surface area is 202 Å². The van der Waals surface area contributed by atoms with Gasteiger partial charge in [-0.3, -0.25) is 14.3 Å². The molecule has 0 aliphatic carbocycles. The predicted octanol–water partition coefficient (Wildman–Crippen LogP) is 4.32. The van der Waals surface area contributed by atoms with Crippen LogP contribution >= 0.6 is 0 Å². The summed E-state index contributed by atoms with van der Waals surface area (Å²) in [5, 5.41) is 7.54. The van der Waals surface area contributed by atoms with Gasteiger partial charge < -0.3 is 14.6 Å². The lowest BCUT2D eigenvalue weighted by molar-refractivity contribution is -0.133. The number of rotatable bonds is 6. The molecule has 7 nitrogen and oxygen atoms in total. The largest absolute Gasteiger partial charge is 0.463 e. The number of benzene rings is 2. The molecular formula is C27H25FN4O3. The maximum atomic E-state index is 13.9. The second-order valence-corrected chi connectivity index (χ2v) is 8.95. The standard InChI is InChI=1S/C27H25FN4O3/c1-18-7-3-4-9-20(18)15-29-26(34)27(2)17-32-23(14-22(30-32)24-11-6-12-35-24)25(33)31(27)16-19-8-5-10-21(28)13-19/h3-14H,15-17H2,1-2H3,(H,29,34)/t27-/m1/s1. The normalized spacial score (nSPS) is 17.3. The summed E-state index contributed by atoms with van der Waals surface area (Å²) in [7, 11) is 0. The molecule has 2 amide bonds. The van der Waals surface area contributed by atoms with Crippen LogP contribution in [0.3, 0.4) is 0 Å². The van der Waals surface area contributed by atoms with Crippen molar-refractivity contribution < 1.29 is 18.4 Å². The van der Waals surface area contributed by atoms with E-state index in [0.29, 0.717) is 29.3 Å². The Morgan fingerprint density at radius 3 is 2.71 bits per heavy atom. The van der Waals surface area contributed by atoms with Gasteiger partial charge in [0.15, 0.2) is 5.76 Å². The highest BCUT2D eigenvalue weighted by atomic mass is 19.1. The van der Waals surface area contributed by atoms with Crippen LogP contribution in [0.2, 0.25) is 0 Å². The molecule has 8 heteroatoms. The molecule has 0 radical (unpaired) electrons. The van der Waals surface area contributed by atoms with Crippen LogP contribution in [0.1, 0.15) is 34.1 Å². The Hall–Kier alpha value is -4.20. The maximum absolute atomic E-state index is 13.9. The molecule has 35 heavy (non-hydrogen) atoms. The number of hydrogen-bond donors (Lipinski definition) is 1. The first-order valence-electron chi connectivity index (χ1n) is 11.4. The summed E-state index contributed by atoms with van der Waals surface area (Å²) in [5.74, 6) is -0.546. The van der Waals surface area contributed by atoms with E-state index in [1.54, 1.807) is 41.9 Å². The first kappa shape index (κ1) is 22.6. The Kier molecular flexibility index (Phi) is 5.72. The Bertz CT molecular complexity index is 1400. The zero-order chi connectivity index (χ0) is 24.6. The average molecular weight is 473 g/mol. The van der Waals surface area contributed by atoms with Gasteiger partial charge in [-0.2, -0.15) is 5.10 Å². The topological polar surface area (TPSA) is 80.4 Å². The number of aryl methyl sites for hydroxylation is 1. The minimum atomic E-state index is -1.26. The summed E-state index contributed by atoms with van der Waals surface area (Å²) in [6.07, 6.45) is 1.54. The molecule has 0 saturated heterocycles. The molecule has 1 atom stereocenters. The highest BCUT2D eigenvalue weighted by Crippen LogP contribution is 2.31. The van der Waals surface area contributed by atoms with Crippen molar-refractivity contribution >= 4 is 11.8 Å². The zero-order valence-electron chi connectivity index (χ0n) is 19.5. The van der Waals surface area contributed by atoms with E-state index in [1.165, 1.54) is 23.3 Å². The molecule has 178 valence electrons. The van der Waals surface area contributed by atoms with Gasteiger partial charge in [-0.25, -0.2) is 4.39 Å². The number of halogens is 1. The third-order valence-electron chi connectivity index (χ3n) is 6.49. The SMILES string of the molecule is Cc1ccccc1CNC(=O)[C@@]1(C)Cn2nc(-c3ccco3)cc2C(=O)N1Cc1cccc(F)c1. The summed E-state index contributed by atoms with van der Waals surface area (Å²) in [4.78, 5) is 28.8. The van der Waals surface area contributed by atoms with Gasteiger partial charge in [-0.15, -0.1) is 0 Å². The molecule has 0 fully saturated rings. The lowest BCUT2D eigenvalue weighted by Gasteiger charge is -2.43. The first-order chi connectivity index (χ1) is 16.8. The molecule has 1 aliphatic rings. The van der Waals surface area contributed by atoms with E-state index in [1.807, 2.05) is 31.2 Å². The Morgan fingerprint density at radius 1 is 1.14 bits per heavy atom. The lowest BCUT2D eigenvalue weighted by Crippen LogP contribution is -2.63. The van der Waals surface area contributed by atoms with Crippen molar-refractivity contribution in [2.24, 2.45) is 0 Å². The zero-order valence-corrected chi connectivity index (χ0v) is 19.5. The van der Waals surface area contributed by atoms with Gasteiger partial charge in [0.2, 0.25) is 5.91 Å². The molecule has 1 N–H and O–H groups in total. The van der Waals surface area contributed by atoms with E-state index < -0.39 is 11.4 Å². The van der Waals surface area contributed by atoms with Gasteiger partial charge in [-0.1, -0.05) is 36.4 Å². The molecule has 2 aromatic heterocycles. The maximum Gasteiger partial charge on any atom is 0.273 e. The average Bonchev–Trinajstić information content (AvgIpc) is 3.51. The molecular weight excluding hydrogens is 447 g/mol. The minimum Gasteiger partial charge on any atom is -0.463 e. The fourth-order valence-corrected chi connectivity index (χ4v) is 4.43. The van der Waals surface area contributed by atoms with Crippen molar-refractivity contribution in [3.63, 3.8) is 0 Å². The molecule has 0 bridgehead atoms. The summed E-state index contributed by atoms with van der Waals surface area (Å²) in [5.41, 5.74) is 2.24. The van der Waals surface area contributed by atoms with Crippen molar-refractivity contribution in [2.75, 3.05) is 0 Å². The second kappa shape index (κ2) is 8.87. The van der Waals surface area contributed by atoms with Gasteiger partial charge in [0.1, 0.15) is 22.7 Å². The summed E-state index contributed by atoms with van der Waals surface area (Å²) in [6.45, 7) is 4.24. The van der Waals surface area contributed by atoms with E-state index in [0.717, 1.165) is 11.1 Å². The molecule has 0 unspecified atom stereocenters. The Morgan fingerprint density at radius 2 is 1.97 bits per heavy atom. The van der Waals surface area contributed by atoms with Crippen LogP contribution in [0.15, 0.2) is 77.4 Å². The number of carbonyl (C=O) groups is 2.